The Labute approximate surface area is 123 Å². The molecule has 0 spiro atoms. The Hall–Kier alpha value is -2.82. The molecule has 106 valence electrons. The molecule has 0 amide bonds. The summed E-state index contributed by atoms with van der Waals surface area (Å²) >= 11 is 0. The number of benzene rings is 2. The van der Waals surface area contributed by atoms with Crippen molar-refractivity contribution in [1.29, 1.82) is 0 Å². The van der Waals surface area contributed by atoms with E-state index in [-0.39, 0.29) is 0 Å². The molecule has 2 N–H and O–H groups in total. The van der Waals surface area contributed by atoms with Crippen LogP contribution in [0.2, 0.25) is 0 Å². The van der Waals surface area contributed by atoms with E-state index in [1.54, 1.807) is 23.5 Å². The van der Waals surface area contributed by atoms with Crippen molar-refractivity contribution in [2.75, 3.05) is 10.7 Å². The summed E-state index contributed by atoms with van der Waals surface area (Å²) in [6.07, 6.45) is 2.16. The Morgan fingerprint density at radius 2 is 1.81 bits per heavy atom. The maximum atomic E-state index is 11.5. The molecule has 0 fully saturated rings. The number of rotatable bonds is 4. The average molecular weight is 280 g/mol. The Kier molecular flexibility index (Phi) is 3.55. The van der Waals surface area contributed by atoms with Crippen molar-refractivity contribution < 1.29 is 4.79 Å². The molecular weight excluding hydrogens is 264 g/mol. The van der Waals surface area contributed by atoms with Crippen molar-refractivity contribution >= 4 is 24.0 Å². The summed E-state index contributed by atoms with van der Waals surface area (Å²) in [6.45, 7) is 0.638. The van der Waals surface area contributed by atoms with E-state index in [1.807, 2.05) is 47.4 Å². The number of anilines is 2. The lowest BCUT2D eigenvalue weighted by Gasteiger charge is -2.26. The molecule has 21 heavy (non-hydrogen) atoms. The summed E-state index contributed by atoms with van der Waals surface area (Å²) in [5.74, 6) is 0. The number of aldehydes is 1. The predicted molar refractivity (Wildman–Crippen MR) is 83.7 cm³/mol. The first-order chi connectivity index (χ1) is 10.3. The van der Waals surface area contributed by atoms with Crippen molar-refractivity contribution in [1.82, 2.24) is 4.90 Å². The molecule has 0 saturated heterocycles. The highest BCUT2D eigenvalue weighted by molar-refractivity contribution is 5.76. The van der Waals surface area contributed by atoms with Gasteiger partial charge < -0.3 is 10.6 Å². The molecule has 1 atom stereocenters. The summed E-state index contributed by atoms with van der Waals surface area (Å²) in [4.78, 5) is 13.4. The van der Waals surface area contributed by atoms with Gasteiger partial charge in [-0.05, 0) is 29.8 Å². The molecule has 3 rings (SSSR count). The van der Waals surface area contributed by atoms with E-state index in [4.69, 9.17) is 5.73 Å². The van der Waals surface area contributed by atoms with Crippen molar-refractivity contribution in [2.24, 2.45) is 5.10 Å². The zero-order valence-corrected chi connectivity index (χ0v) is 11.5. The van der Waals surface area contributed by atoms with Crippen molar-refractivity contribution in [3.63, 3.8) is 0 Å². The van der Waals surface area contributed by atoms with Gasteiger partial charge in [0.1, 0.15) is 6.34 Å². The Balaban J connectivity index is 1.79. The lowest BCUT2D eigenvalue weighted by molar-refractivity contribution is -0.111. The smallest absolute Gasteiger partial charge is 0.181 e. The Bertz CT molecular complexity index is 639. The van der Waals surface area contributed by atoms with Gasteiger partial charge in [0.15, 0.2) is 12.5 Å². The quantitative estimate of drug-likeness (QED) is 0.688. The standard InChI is InChI=1S/C16H16N4O/c17-14-6-8-15(9-7-14)20-16(11-21)19(12-18-20)10-13-4-2-1-3-5-13/h1-9,11-12,16H,10,17H2. The summed E-state index contributed by atoms with van der Waals surface area (Å²) in [5.41, 5.74) is 8.35. The SMILES string of the molecule is Nc1ccc(N2N=CN(Cc3ccccc3)C2C=O)cc1. The molecule has 0 radical (unpaired) electrons. The average Bonchev–Trinajstić information content (AvgIpc) is 2.92. The third-order valence-electron chi connectivity index (χ3n) is 3.40. The largest absolute Gasteiger partial charge is 0.399 e. The fraction of sp³-hybridized carbons (Fsp3) is 0.125. The van der Waals surface area contributed by atoms with E-state index < -0.39 is 6.17 Å². The molecule has 5 heteroatoms. The second kappa shape index (κ2) is 5.66. The van der Waals surface area contributed by atoms with Gasteiger partial charge in [-0.1, -0.05) is 30.3 Å². The first-order valence-electron chi connectivity index (χ1n) is 6.72. The van der Waals surface area contributed by atoms with Gasteiger partial charge in [-0.3, -0.25) is 4.79 Å². The van der Waals surface area contributed by atoms with Crippen LogP contribution >= 0.6 is 0 Å². The van der Waals surface area contributed by atoms with E-state index in [0.29, 0.717) is 12.2 Å². The highest BCUT2D eigenvalue weighted by Gasteiger charge is 2.28. The topological polar surface area (TPSA) is 61.9 Å². The van der Waals surface area contributed by atoms with Crippen molar-refractivity contribution in [2.45, 2.75) is 12.7 Å². The maximum absolute atomic E-state index is 11.5. The minimum atomic E-state index is -0.436. The number of nitrogen functional groups attached to an aromatic ring is 1. The highest BCUT2D eigenvalue weighted by Crippen LogP contribution is 2.24. The summed E-state index contributed by atoms with van der Waals surface area (Å²) in [5, 5.41) is 6.02. The highest BCUT2D eigenvalue weighted by atomic mass is 16.1. The fourth-order valence-electron chi connectivity index (χ4n) is 2.31. The number of hydrogen-bond acceptors (Lipinski definition) is 5. The van der Waals surface area contributed by atoms with E-state index in [9.17, 15) is 4.79 Å². The van der Waals surface area contributed by atoms with E-state index in [0.717, 1.165) is 17.5 Å². The molecule has 0 aromatic heterocycles. The van der Waals surface area contributed by atoms with Crippen LogP contribution in [0.15, 0.2) is 59.7 Å². The van der Waals surface area contributed by atoms with Gasteiger partial charge in [0.25, 0.3) is 0 Å². The van der Waals surface area contributed by atoms with Crippen molar-refractivity contribution in [3.05, 3.63) is 60.2 Å². The Morgan fingerprint density at radius 1 is 1.10 bits per heavy atom. The van der Waals surface area contributed by atoms with Gasteiger partial charge in [-0.25, -0.2) is 5.01 Å². The van der Waals surface area contributed by atoms with Crippen LogP contribution in [0, 0.1) is 0 Å². The fourth-order valence-corrected chi connectivity index (χ4v) is 2.31. The minimum absolute atomic E-state index is 0.436. The molecule has 5 nitrogen and oxygen atoms in total. The second-order valence-corrected chi connectivity index (χ2v) is 4.87. The van der Waals surface area contributed by atoms with Gasteiger partial charge >= 0.3 is 0 Å². The molecule has 0 saturated carbocycles. The number of carbonyl (C=O) groups excluding carboxylic acids is 1. The second-order valence-electron chi connectivity index (χ2n) is 4.87. The number of nitrogens with zero attached hydrogens (tertiary/aromatic N) is 3. The molecule has 0 aliphatic carbocycles. The van der Waals surface area contributed by atoms with E-state index in [2.05, 4.69) is 5.10 Å². The first-order valence-corrected chi connectivity index (χ1v) is 6.72. The molecule has 1 heterocycles. The molecule has 2 aromatic rings. The monoisotopic (exact) mass is 280 g/mol. The number of hydrogen-bond donors (Lipinski definition) is 1. The third kappa shape index (κ3) is 2.72. The zero-order chi connectivity index (χ0) is 14.7. The van der Waals surface area contributed by atoms with Crippen LogP contribution in [-0.4, -0.2) is 23.7 Å². The van der Waals surface area contributed by atoms with Crippen molar-refractivity contribution in [3.8, 4) is 0 Å². The molecule has 1 unspecified atom stereocenters. The van der Waals surface area contributed by atoms with Crippen LogP contribution in [0.25, 0.3) is 0 Å². The molecular formula is C16H16N4O. The van der Waals surface area contributed by atoms with Crippen LogP contribution in [-0.2, 0) is 11.3 Å². The molecule has 1 aliphatic heterocycles. The van der Waals surface area contributed by atoms with Gasteiger partial charge in [-0.15, -0.1) is 0 Å². The summed E-state index contributed by atoms with van der Waals surface area (Å²) in [7, 11) is 0. The van der Waals surface area contributed by atoms with E-state index >= 15 is 0 Å². The molecule has 2 aromatic carbocycles. The summed E-state index contributed by atoms with van der Waals surface area (Å²) < 4.78 is 0. The molecule has 0 bridgehead atoms. The third-order valence-corrected chi connectivity index (χ3v) is 3.40. The zero-order valence-electron chi connectivity index (χ0n) is 11.5. The van der Waals surface area contributed by atoms with Gasteiger partial charge in [0, 0.05) is 12.2 Å². The van der Waals surface area contributed by atoms with Gasteiger partial charge in [-0.2, -0.15) is 5.10 Å². The Morgan fingerprint density at radius 3 is 2.48 bits per heavy atom. The number of carbonyl (C=O) groups is 1. The summed E-state index contributed by atoms with van der Waals surface area (Å²) in [6, 6.07) is 17.3. The van der Waals surface area contributed by atoms with Gasteiger partial charge in [0.05, 0.1) is 5.69 Å². The lowest BCUT2D eigenvalue weighted by atomic mass is 10.2. The van der Waals surface area contributed by atoms with Gasteiger partial charge in [0.2, 0.25) is 0 Å². The lowest BCUT2D eigenvalue weighted by Crippen LogP contribution is -2.40. The minimum Gasteiger partial charge on any atom is -0.399 e. The van der Waals surface area contributed by atoms with Crippen LogP contribution in [0.5, 0.6) is 0 Å². The number of hydrazone groups is 1. The maximum Gasteiger partial charge on any atom is 0.181 e. The predicted octanol–water partition coefficient (Wildman–Crippen LogP) is 2.06. The normalized spacial score (nSPS) is 17.2. The van der Waals surface area contributed by atoms with Crippen LogP contribution in [0.4, 0.5) is 11.4 Å². The molecule has 1 aliphatic rings. The van der Waals surface area contributed by atoms with Crippen LogP contribution < -0.4 is 10.7 Å². The van der Waals surface area contributed by atoms with Crippen LogP contribution in [0.3, 0.4) is 0 Å². The first kappa shape index (κ1) is 13.2. The van der Waals surface area contributed by atoms with E-state index in [1.165, 1.54) is 0 Å². The van der Waals surface area contributed by atoms with Crippen LogP contribution in [0.1, 0.15) is 5.56 Å². The number of nitrogens with two attached hydrogens (primary N) is 1.